The molecule has 1 amide bonds. The topological polar surface area (TPSA) is 66.5 Å². The summed E-state index contributed by atoms with van der Waals surface area (Å²) in [6, 6.07) is 15.6. The van der Waals surface area contributed by atoms with Crippen LogP contribution in [0.15, 0.2) is 59.5 Å². The molecule has 0 aliphatic rings. The summed E-state index contributed by atoms with van der Waals surface area (Å²) in [6.45, 7) is 7.31. The maximum Gasteiger partial charge on any atom is 0.251 e. The molecule has 27 heavy (non-hydrogen) atoms. The van der Waals surface area contributed by atoms with Gasteiger partial charge in [0.25, 0.3) is 5.91 Å². The predicted octanol–water partition coefficient (Wildman–Crippen LogP) is 3.67. The maximum atomic E-state index is 12.9. The van der Waals surface area contributed by atoms with E-state index in [0.717, 1.165) is 12.0 Å². The highest BCUT2D eigenvalue weighted by molar-refractivity contribution is 7.89. The Morgan fingerprint density at radius 1 is 1.04 bits per heavy atom. The zero-order valence-electron chi connectivity index (χ0n) is 16.2. The van der Waals surface area contributed by atoms with E-state index in [9.17, 15) is 13.2 Å². The van der Waals surface area contributed by atoms with Gasteiger partial charge in [-0.15, -0.1) is 0 Å². The van der Waals surface area contributed by atoms with Crippen LogP contribution in [0.2, 0.25) is 0 Å². The number of nitrogens with one attached hydrogen (secondary N) is 1. The molecule has 2 aromatic rings. The van der Waals surface area contributed by atoms with Crippen LogP contribution in [0.3, 0.4) is 0 Å². The quantitative estimate of drug-likeness (QED) is 0.713. The van der Waals surface area contributed by atoms with Crippen LogP contribution in [0.5, 0.6) is 0 Å². The fourth-order valence-corrected chi connectivity index (χ4v) is 4.09. The number of rotatable bonds is 9. The summed E-state index contributed by atoms with van der Waals surface area (Å²) in [5.41, 5.74) is 1.40. The Hall–Kier alpha value is -2.18. The van der Waals surface area contributed by atoms with Crippen molar-refractivity contribution in [3.63, 3.8) is 0 Å². The van der Waals surface area contributed by atoms with Crippen molar-refractivity contribution in [2.24, 2.45) is 5.92 Å². The van der Waals surface area contributed by atoms with Gasteiger partial charge < -0.3 is 5.32 Å². The van der Waals surface area contributed by atoms with Crippen LogP contribution in [0, 0.1) is 5.92 Å². The first-order chi connectivity index (χ1) is 12.8. The van der Waals surface area contributed by atoms with Crippen LogP contribution in [-0.2, 0) is 16.6 Å². The molecule has 0 bridgehead atoms. The largest absolute Gasteiger partial charge is 0.352 e. The minimum Gasteiger partial charge on any atom is -0.352 e. The van der Waals surface area contributed by atoms with E-state index in [1.165, 1.54) is 16.4 Å². The minimum atomic E-state index is -3.62. The van der Waals surface area contributed by atoms with Crippen molar-refractivity contribution in [2.75, 3.05) is 13.1 Å². The van der Waals surface area contributed by atoms with E-state index in [1.54, 1.807) is 12.1 Å². The fourth-order valence-electron chi connectivity index (χ4n) is 2.66. The predicted molar refractivity (Wildman–Crippen MR) is 108 cm³/mol. The van der Waals surface area contributed by atoms with E-state index >= 15 is 0 Å². The second-order valence-electron chi connectivity index (χ2n) is 6.88. The van der Waals surface area contributed by atoms with Gasteiger partial charge in [0.1, 0.15) is 0 Å². The van der Waals surface area contributed by atoms with Gasteiger partial charge in [-0.1, -0.05) is 51.1 Å². The van der Waals surface area contributed by atoms with Gasteiger partial charge in [-0.2, -0.15) is 4.31 Å². The molecule has 0 heterocycles. The summed E-state index contributed by atoms with van der Waals surface area (Å²) >= 11 is 0. The second kappa shape index (κ2) is 9.67. The summed E-state index contributed by atoms with van der Waals surface area (Å²) in [5.74, 6) is 0.332. The molecule has 1 N–H and O–H groups in total. The number of nitrogens with zero attached hydrogens (tertiary/aromatic N) is 1. The smallest absolute Gasteiger partial charge is 0.251 e. The number of sulfonamides is 1. The van der Waals surface area contributed by atoms with Crippen molar-refractivity contribution < 1.29 is 13.2 Å². The molecule has 2 aromatic carbocycles. The molecule has 0 aromatic heterocycles. The molecule has 0 saturated carbocycles. The summed E-state index contributed by atoms with van der Waals surface area (Å²) in [7, 11) is -3.62. The van der Waals surface area contributed by atoms with Crippen LogP contribution in [-0.4, -0.2) is 31.7 Å². The van der Waals surface area contributed by atoms with Gasteiger partial charge in [0.15, 0.2) is 0 Å². The van der Waals surface area contributed by atoms with Crippen LogP contribution in [0.25, 0.3) is 0 Å². The van der Waals surface area contributed by atoms with E-state index in [1.807, 2.05) is 37.3 Å². The van der Waals surface area contributed by atoms with Gasteiger partial charge in [-0.3, -0.25) is 4.79 Å². The maximum absolute atomic E-state index is 12.9. The Morgan fingerprint density at radius 2 is 1.67 bits per heavy atom. The van der Waals surface area contributed by atoms with Crippen LogP contribution < -0.4 is 5.32 Å². The molecule has 0 saturated heterocycles. The standard InChI is InChI=1S/C21H28N2O3S/c1-4-23(16-18-8-6-5-7-9-18)27(25,26)20-12-10-19(11-13-20)21(24)22-15-14-17(2)3/h5-13,17H,4,14-16H2,1-3H3,(H,22,24). The number of carbonyl (C=O) groups is 1. The Balaban J connectivity index is 2.10. The fraction of sp³-hybridized carbons (Fsp3) is 0.381. The molecule has 5 nitrogen and oxygen atoms in total. The number of hydrogen-bond acceptors (Lipinski definition) is 3. The average Bonchev–Trinajstić information content (AvgIpc) is 2.66. The third-order valence-electron chi connectivity index (χ3n) is 4.32. The second-order valence-corrected chi connectivity index (χ2v) is 8.82. The zero-order valence-corrected chi connectivity index (χ0v) is 17.0. The van der Waals surface area contributed by atoms with E-state index in [-0.39, 0.29) is 10.8 Å². The molecule has 2 rings (SSSR count). The van der Waals surface area contributed by atoms with Crippen molar-refractivity contribution in [1.29, 1.82) is 0 Å². The Labute approximate surface area is 162 Å². The Bertz CT molecular complexity index is 831. The van der Waals surface area contributed by atoms with Gasteiger partial charge in [-0.05, 0) is 42.2 Å². The minimum absolute atomic E-state index is 0.184. The lowest BCUT2D eigenvalue weighted by atomic mass is 10.1. The highest BCUT2D eigenvalue weighted by Crippen LogP contribution is 2.19. The third kappa shape index (κ3) is 5.91. The number of hydrogen-bond donors (Lipinski definition) is 1. The molecule has 0 unspecified atom stereocenters. The van der Waals surface area contributed by atoms with Crippen molar-refractivity contribution in [3.05, 3.63) is 65.7 Å². The highest BCUT2D eigenvalue weighted by Gasteiger charge is 2.23. The van der Waals surface area contributed by atoms with Crippen molar-refractivity contribution in [2.45, 2.75) is 38.6 Å². The number of benzene rings is 2. The molecular weight excluding hydrogens is 360 g/mol. The molecule has 0 atom stereocenters. The van der Waals surface area contributed by atoms with E-state index in [2.05, 4.69) is 19.2 Å². The van der Waals surface area contributed by atoms with Gasteiger partial charge in [0.2, 0.25) is 10.0 Å². The molecule has 0 radical (unpaired) electrons. The molecule has 0 spiro atoms. The van der Waals surface area contributed by atoms with Crippen LogP contribution in [0.4, 0.5) is 0 Å². The first-order valence-corrected chi connectivity index (χ1v) is 10.7. The van der Waals surface area contributed by atoms with Gasteiger partial charge in [-0.25, -0.2) is 8.42 Å². The Kier molecular flexibility index (Phi) is 7.56. The van der Waals surface area contributed by atoms with Crippen molar-refractivity contribution in [1.82, 2.24) is 9.62 Å². The first kappa shape index (κ1) is 21.1. The van der Waals surface area contributed by atoms with Gasteiger partial charge in [0.05, 0.1) is 4.90 Å². The molecule has 0 aliphatic carbocycles. The van der Waals surface area contributed by atoms with Crippen LogP contribution >= 0.6 is 0 Å². The summed E-state index contributed by atoms with van der Waals surface area (Å²) in [5, 5.41) is 2.86. The monoisotopic (exact) mass is 388 g/mol. The van der Waals surface area contributed by atoms with E-state index in [0.29, 0.717) is 31.1 Å². The Morgan fingerprint density at radius 3 is 2.22 bits per heavy atom. The molecule has 6 heteroatoms. The lowest BCUT2D eigenvalue weighted by Gasteiger charge is -2.20. The average molecular weight is 389 g/mol. The van der Waals surface area contributed by atoms with Crippen LogP contribution in [0.1, 0.15) is 43.1 Å². The van der Waals surface area contributed by atoms with Crippen molar-refractivity contribution in [3.8, 4) is 0 Å². The molecule has 146 valence electrons. The third-order valence-corrected chi connectivity index (χ3v) is 6.25. The molecule has 0 fully saturated rings. The van der Waals surface area contributed by atoms with Gasteiger partial charge in [0, 0.05) is 25.2 Å². The lowest BCUT2D eigenvalue weighted by molar-refractivity contribution is 0.0952. The molecular formula is C21H28N2O3S. The normalized spacial score (nSPS) is 11.7. The number of amides is 1. The highest BCUT2D eigenvalue weighted by atomic mass is 32.2. The van der Waals surface area contributed by atoms with Gasteiger partial charge >= 0.3 is 0 Å². The van der Waals surface area contributed by atoms with E-state index < -0.39 is 10.0 Å². The summed E-state index contributed by atoms with van der Waals surface area (Å²) < 4.78 is 27.3. The number of carbonyl (C=O) groups excluding carboxylic acids is 1. The lowest BCUT2D eigenvalue weighted by Crippen LogP contribution is -2.30. The SMILES string of the molecule is CCN(Cc1ccccc1)S(=O)(=O)c1ccc(C(=O)NCCC(C)C)cc1. The molecule has 0 aliphatic heterocycles. The summed E-state index contributed by atoms with van der Waals surface area (Å²) in [4.78, 5) is 12.3. The summed E-state index contributed by atoms with van der Waals surface area (Å²) in [6.07, 6.45) is 0.906. The van der Waals surface area contributed by atoms with E-state index in [4.69, 9.17) is 0 Å². The van der Waals surface area contributed by atoms with Crippen molar-refractivity contribution >= 4 is 15.9 Å². The zero-order chi connectivity index (χ0) is 19.9. The first-order valence-electron chi connectivity index (χ1n) is 9.27.